The first-order valence-corrected chi connectivity index (χ1v) is 9.42. The summed E-state index contributed by atoms with van der Waals surface area (Å²) in [5, 5.41) is 14.2. The number of ether oxygens (including phenoxy) is 2. The second-order valence-corrected chi connectivity index (χ2v) is 7.10. The molecule has 2 N–H and O–H groups in total. The number of fused-ring (bicyclic) bond motifs is 5. The number of nitrogens with zero attached hydrogens (tertiary/aromatic N) is 5. The fourth-order valence-corrected chi connectivity index (χ4v) is 3.48. The van der Waals surface area contributed by atoms with Gasteiger partial charge in [0.1, 0.15) is 36.0 Å². The molecule has 4 rings (SSSR count). The summed E-state index contributed by atoms with van der Waals surface area (Å²) < 4.78 is 27.4. The van der Waals surface area contributed by atoms with Crippen molar-refractivity contribution >= 4 is 11.6 Å². The van der Waals surface area contributed by atoms with Gasteiger partial charge < -0.3 is 20.1 Å². The third kappa shape index (κ3) is 3.37. The van der Waals surface area contributed by atoms with E-state index in [1.807, 2.05) is 11.9 Å². The summed E-state index contributed by atoms with van der Waals surface area (Å²) in [6.07, 6.45) is 1.04. The lowest BCUT2D eigenvalue weighted by Crippen LogP contribution is -2.25. The lowest BCUT2D eigenvalue weighted by molar-refractivity contribution is 0.217. The molecule has 30 heavy (non-hydrogen) atoms. The highest BCUT2D eigenvalue weighted by Crippen LogP contribution is 2.38. The Morgan fingerprint density at radius 3 is 2.83 bits per heavy atom. The van der Waals surface area contributed by atoms with Gasteiger partial charge >= 0.3 is 0 Å². The number of aryl methyl sites for hydroxylation is 1. The van der Waals surface area contributed by atoms with E-state index in [2.05, 4.69) is 16.2 Å². The molecule has 1 aliphatic heterocycles. The molecule has 0 amide bonds. The van der Waals surface area contributed by atoms with Crippen molar-refractivity contribution in [2.24, 2.45) is 7.05 Å². The van der Waals surface area contributed by atoms with Crippen molar-refractivity contribution in [2.75, 3.05) is 30.8 Å². The highest BCUT2D eigenvalue weighted by atomic mass is 19.1. The monoisotopic (exact) mass is 408 g/mol. The second-order valence-electron chi connectivity index (χ2n) is 7.10. The van der Waals surface area contributed by atoms with Crippen LogP contribution >= 0.6 is 0 Å². The summed E-state index contributed by atoms with van der Waals surface area (Å²) in [5.41, 5.74) is 8.29. The first-order chi connectivity index (χ1) is 14.4. The Bertz CT molecular complexity index is 1150. The average Bonchev–Trinajstić information content (AvgIpc) is 3.06. The zero-order chi connectivity index (χ0) is 21.4. The Labute approximate surface area is 173 Å². The summed E-state index contributed by atoms with van der Waals surface area (Å²) in [7, 11) is 3.58. The number of nitriles is 1. The van der Waals surface area contributed by atoms with Crippen LogP contribution in [0.4, 0.5) is 16.0 Å². The van der Waals surface area contributed by atoms with E-state index in [1.54, 1.807) is 32.3 Å². The molecular formula is C21H21FN6O2. The highest BCUT2D eigenvalue weighted by molar-refractivity contribution is 5.81. The van der Waals surface area contributed by atoms with Crippen molar-refractivity contribution in [3.8, 4) is 28.7 Å². The molecule has 1 aliphatic rings. The normalized spacial score (nSPS) is 16.0. The second kappa shape index (κ2) is 7.55. The third-order valence-electron chi connectivity index (χ3n) is 5.06. The van der Waals surface area contributed by atoms with Crippen LogP contribution in [0.1, 0.15) is 24.3 Å². The van der Waals surface area contributed by atoms with E-state index in [4.69, 9.17) is 15.2 Å². The quantitative estimate of drug-likeness (QED) is 0.610. The van der Waals surface area contributed by atoms with Gasteiger partial charge in [-0.15, -0.1) is 0 Å². The summed E-state index contributed by atoms with van der Waals surface area (Å²) in [6, 6.07) is 8.25. The summed E-state index contributed by atoms with van der Waals surface area (Å²) in [4.78, 5) is 6.15. The van der Waals surface area contributed by atoms with Crippen molar-refractivity contribution < 1.29 is 13.9 Å². The maximum Gasteiger partial charge on any atom is 0.166 e. The molecule has 0 aliphatic carbocycles. The van der Waals surface area contributed by atoms with Gasteiger partial charge in [0.25, 0.3) is 0 Å². The molecule has 0 fully saturated rings. The number of anilines is 2. The number of pyridine rings is 1. The molecule has 1 aromatic carbocycles. The minimum atomic E-state index is -0.544. The molecule has 2 aromatic heterocycles. The maximum absolute atomic E-state index is 13.9. The van der Waals surface area contributed by atoms with Gasteiger partial charge in [-0.1, -0.05) is 0 Å². The van der Waals surface area contributed by atoms with Crippen molar-refractivity contribution in [3.63, 3.8) is 0 Å². The SMILES string of the molecule is C[C@H]1Oc2cc(cnc2N)-c2c(nn(C)c2C#N)N(C)CCOc2ccc(F)cc21. The molecule has 0 saturated carbocycles. The van der Waals surface area contributed by atoms with Crippen LogP contribution in [0.25, 0.3) is 11.1 Å². The number of benzene rings is 1. The molecule has 0 radical (unpaired) electrons. The molecule has 0 unspecified atom stereocenters. The lowest BCUT2D eigenvalue weighted by atomic mass is 10.1. The van der Waals surface area contributed by atoms with Crippen molar-refractivity contribution in [1.29, 1.82) is 5.26 Å². The highest BCUT2D eigenvalue weighted by Gasteiger charge is 2.24. The van der Waals surface area contributed by atoms with Crippen molar-refractivity contribution in [3.05, 3.63) is 47.5 Å². The third-order valence-corrected chi connectivity index (χ3v) is 5.06. The molecular weight excluding hydrogens is 387 g/mol. The summed E-state index contributed by atoms with van der Waals surface area (Å²) >= 11 is 0. The molecule has 2 bridgehead atoms. The number of aromatic nitrogens is 3. The van der Waals surface area contributed by atoms with E-state index >= 15 is 0 Å². The molecule has 1 atom stereocenters. The Hall–Kier alpha value is -3.80. The first kappa shape index (κ1) is 19.5. The van der Waals surface area contributed by atoms with E-state index < -0.39 is 6.10 Å². The average molecular weight is 408 g/mol. The van der Waals surface area contributed by atoms with Gasteiger partial charge in [0, 0.05) is 31.4 Å². The minimum absolute atomic E-state index is 0.191. The molecule has 0 saturated heterocycles. The molecule has 3 aromatic rings. The minimum Gasteiger partial charge on any atom is -0.491 e. The van der Waals surface area contributed by atoms with Crippen molar-refractivity contribution in [1.82, 2.24) is 14.8 Å². The topological polar surface area (TPSA) is 102 Å². The van der Waals surface area contributed by atoms with Crippen LogP contribution in [0.5, 0.6) is 11.5 Å². The van der Waals surface area contributed by atoms with E-state index in [1.165, 1.54) is 16.8 Å². The smallest absolute Gasteiger partial charge is 0.166 e. The largest absolute Gasteiger partial charge is 0.491 e. The predicted molar refractivity (Wildman–Crippen MR) is 110 cm³/mol. The van der Waals surface area contributed by atoms with Crippen LogP contribution in [0.2, 0.25) is 0 Å². The number of rotatable bonds is 0. The molecule has 8 nitrogen and oxygen atoms in total. The van der Waals surface area contributed by atoms with Gasteiger partial charge in [0.05, 0.1) is 12.1 Å². The summed E-state index contributed by atoms with van der Waals surface area (Å²) in [5.74, 6) is 1.28. The predicted octanol–water partition coefficient (Wildman–Crippen LogP) is 3.04. The number of nitrogens with two attached hydrogens (primary N) is 1. The molecule has 154 valence electrons. The van der Waals surface area contributed by atoms with Gasteiger partial charge in [-0.05, 0) is 31.2 Å². The van der Waals surface area contributed by atoms with Crippen LogP contribution < -0.4 is 20.1 Å². The number of halogens is 1. The Morgan fingerprint density at radius 2 is 2.07 bits per heavy atom. The van der Waals surface area contributed by atoms with Crippen molar-refractivity contribution in [2.45, 2.75) is 13.0 Å². The molecule has 3 heterocycles. The van der Waals surface area contributed by atoms with Gasteiger partial charge in [-0.3, -0.25) is 4.68 Å². The first-order valence-electron chi connectivity index (χ1n) is 9.42. The van der Waals surface area contributed by atoms with E-state index in [-0.39, 0.29) is 11.6 Å². The van der Waals surface area contributed by atoms with Gasteiger partial charge in [0.15, 0.2) is 17.4 Å². The fourth-order valence-electron chi connectivity index (χ4n) is 3.48. The fraction of sp³-hybridized carbons (Fsp3) is 0.286. The van der Waals surface area contributed by atoms with Crippen LogP contribution in [0.15, 0.2) is 30.5 Å². The Kier molecular flexibility index (Phi) is 4.91. The number of likely N-dealkylation sites (N-methyl/N-ethyl adjacent to an activating group) is 1. The maximum atomic E-state index is 13.9. The number of nitrogen functional groups attached to an aromatic ring is 1. The number of hydrogen-bond acceptors (Lipinski definition) is 7. The van der Waals surface area contributed by atoms with Crippen LogP contribution in [0, 0.1) is 17.1 Å². The van der Waals surface area contributed by atoms with Gasteiger partial charge in [-0.25, -0.2) is 9.37 Å². The zero-order valence-corrected chi connectivity index (χ0v) is 16.9. The summed E-state index contributed by atoms with van der Waals surface area (Å²) in [6.45, 7) is 2.61. The Morgan fingerprint density at radius 1 is 1.27 bits per heavy atom. The van der Waals surface area contributed by atoms with E-state index in [0.29, 0.717) is 52.9 Å². The molecule has 9 heteroatoms. The van der Waals surface area contributed by atoms with Crippen LogP contribution in [-0.2, 0) is 7.05 Å². The van der Waals surface area contributed by atoms with E-state index in [9.17, 15) is 9.65 Å². The lowest BCUT2D eigenvalue weighted by Gasteiger charge is -2.20. The number of hydrogen-bond donors (Lipinski definition) is 1. The van der Waals surface area contributed by atoms with E-state index in [0.717, 1.165) is 0 Å². The van der Waals surface area contributed by atoms with Crippen LogP contribution in [-0.4, -0.2) is 35.0 Å². The zero-order valence-electron chi connectivity index (χ0n) is 16.9. The van der Waals surface area contributed by atoms with Gasteiger partial charge in [-0.2, -0.15) is 10.4 Å². The van der Waals surface area contributed by atoms with Crippen LogP contribution in [0.3, 0.4) is 0 Å². The Balaban J connectivity index is 1.90. The van der Waals surface area contributed by atoms with Gasteiger partial charge in [0.2, 0.25) is 0 Å². The molecule has 0 spiro atoms. The standard InChI is InChI=1S/C21H21FN6O2/c1-12-15-9-14(22)4-5-17(15)29-7-6-27(2)21-19(16(10-23)28(3)26-21)13-8-18(30-12)20(24)25-11-13/h4-5,8-9,11-12H,6-7H2,1-3H3,(H2,24,25)/t12-/m1/s1.